The molecule has 9 nitrogen and oxygen atoms in total. The monoisotopic (exact) mass is 386 g/mol. The van der Waals surface area contributed by atoms with Gasteiger partial charge in [0, 0.05) is 6.54 Å². The number of H-pyrrole nitrogens is 1. The van der Waals surface area contributed by atoms with Gasteiger partial charge in [-0.05, 0) is 26.0 Å². The summed E-state index contributed by atoms with van der Waals surface area (Å²) in [4.78, 5) is 43.0. The highest BCUT2D eigenvalue weighted by atomic mass is 32.2. The standard InChI is InChI=1S/C17H18N6O3S/c1-3-18-16(26)21-14(24)10(2)27-17-20-13-12(15(25)22-17)9-19-23(13)11-7-5-4-6-8-11/h4-10H,3H2,1-2H3,(H,20,22,25)(H2,18,21,24,26)/t10-/m1/s1. The van der Waals surface area contributed by atoms with Gasteiger partial charge >= 0.3 is 6.03 Å². The third-order valence-electron chi connectivity index (χ3n) is 3.65. The molecule has 1 atom stereocenters. The molecule has 0 aliphatic rings. The Morgan fingerprint density at radius 2 is 2.04 bits per heavy atom. The Morgan fingerprint density at radius 1 is 1.30 bits per heavy atom. The number of nitrogens with one attached hydrogen (secondary N) is 3. The van der Waals surface area contributed by atoms with Crippen molar-refractivity contribution < 1.29 is 9.59 Å². The lowest BCUT2D eigenvalue weighted by molar-refractivity contribution is -0.119. The van der Waals surface area contributed by atoms with Crippen molar-refractivity contribution in [3.05, 3.63) is 46.9 Å². The second-order valence-corrected chi connectivity index (χ2v) is 6.94. The average Bonchev–Trinajstić information content (AvgIpc) is 3.07. The van der Waals surface area contributed by atoms with E-state index in [4.69, 9.17) is 0 Å². The molecule has 0 bridgehead atoms. The first-order chi connectivity index (χ1) is 13.0. The van der Waals surface area contributed by atoms with Crippen molar-refractivity contribution in [2.24, 2.45) is 0 Å². The Kier molecular flexibility index (Phi) is 5.55. The lowest BCUT2D eigenvalue weighted by atomic mass is 10.3. The van der Waals surface area contributed by atoms with E-state index in [1.165, 1.54) is 6.20 Å². The maximum atomic E-state index is 12.3. The van der Waals surface area contributed by atoms with E-state index in [0.29, 0.717) is 17.6 Å². The lowest BCUT2D eigenvalue weighted by Gasteiger charge is -2.11. The van der Waals surface area contributed by atoms with E-state index >= 15 is 0 Å². The van der Waals surface area contributed by atoms with Crippen LogP contribution in [-0.4, -0.2) is 43.5 Å². The number of thioether (sulfide) groups is 1. The van der Waals surface area contributed by atoms with Gasteiger partial charge in [-0.1, -0.05) is 30.0 Å². The number of carbonyl (C=O) groups excluding carboxylic acids is 2. The smallest absolute Gasteiger partial charge is 0.321 e. The average molecular weight is 386 g/mol. The molecule has 1 aromatic carbocycles. The zero-order valence-corrected chi connectivity index (χ0v) is 15.5. The zero-order chi connectivity index (χ0) is 19.4. The maximum Gasteiger partial charge on any atom is 0.321 e. The number of urea groups is 1. The van der Waals surface area contributed by atoms with Crippen molar-refractivity contribution >= 4 is 34.7 Å². The van der Waals surface area contributed by atoms with Crippen LogP contribution in [-0.2, 0) is 4.79 Å². The maximum absolute atomic E-state index is 12.3. The van der Waals surface area contributed by atoms with Crippen LogP contribution >= 0.6 is 11.8 Å². The van der Waals surface area contributed by atoms with Crippen molar-refractivity contribution in [3.8, 4) is 5.69 Å². The predicted octanol–water partition coefficient (Wildman–Crippen LogP) is 1.44. The molecule has 2 heterocycles. The Balaban J connectivity index is 1.86. The summed E-state index contributed by atoms with van der Waals surface area (Å²) in [5, 5.41) is 8.94. The van der Waals surface area contributed by atoms with Crippen molar-refractivity contribution in [2.75, 3.05) is 6.54 Å². The van der Waals surface area contributed by atoms with E-state index < -0.39 is 17.2 Å². The second kappa shape index (κ2) is 8.04. The van der Waals surface area contributed by atoms with Crippen LogP contribution in [0.2, 0.25) is 0 Å². The normalized spacial score (nSPS) is 11.9. The molecule has 3 N–H and O–H groups in total. The zero-order valence-electron chi connectivity index (χ0n) is 14.7. The third-order valence-corrected chi connectivity index (χ3v) is 4.63. The largest absolute Gasteiger partial charge is 0.338 e. The number of rotatable bonds is 5. The molecule has 140 valence electrons. The van der Waals surface area contributed by atoms with Gasteiger partial charge in [-0.15, -0.1) is 0 Å². The summed E-state index contributed by atoms with van der Waals surface area (Å²) in [5.41, 5.74) is 0.813. The lowest BCUT2D eigenvalue weighted by Crippen LogP contribution is -2.42. The van der Waals surface area contributed by atoms with E-state index in [1.807, 2.05) is 30.3 Å². The molecule has 0 radical (unpaired) electrons. The van der Waals surface area contributed by atoms with Gasteiger partial charge < -0.3 is 10.3 Å². The first-order valence-corrected chi connectivity index (χ1v) is 9.16. The number of imide groups is 1. The molecule has 2 aromatic heterocycles. The first kappa shape index (κ1) is 18.6. The van der Waals surface area contributed by atoms with Gasteiger partial charge in [-0.2, -0.15) is 5.10 Å². The summed E-state index contributed by atoms with van der Waals surface area (Å²) in [6.45, 7) is 3.79. The topological polar surface area (TPSA) is 122 Å². The van der Waals surface area contributed by atoms with Crippen molar-refractivity contribution in [1.82, 2.24) is 30.4 Å². The number of aromatic nitrogens is 4. The minimum Gasteiger partial charge on any atom is -0.338 e. The van der Waals surface area contributed by atoms with Crippen LogP contribution in [0, 0.1) is 0 Å². The Bertz CT molecular complexity index is 1030. The molecule has 0 aliphatic carbocycles. The number of aromatic amines is 1. The highest BCUT2D eigenvalue weighted by Crippen LogP contribution is 2.21. The Morgan fingerprint density at radius 3 is 2.74 bits per heavy atom. The van der Waals surface area contributed by atoms with Crippen LogP contribution in [0.3, 0.4) is 0 Å². The number of para-hydroxylation sites is 1. The SMILES string of the molecule is CCNC(=O)NC(=O)[C@@H](C)Sc1nc2c(cnn2-c2ccccc2)c(=O)[nH]1. The fraction of sp³-hybridized carbons (Fsp3) is 0.235. The highest BCUT2D eigenvalue weighted by molar-refractivity contribution is 8.00. The molecule has 0 aliphatic heterocycles. The molecule has 0 unspecified atom stereocenters. The summed E-state index contributed by atoms with van der Waals surface area (Å²) in [7, 11) is 0. The van der Waals surface area contributed by atoms with E-state index in [9.17, 15) is 14.4 Å². The van der Waals surface area contributed by atoms with Crippen LogP contribution < -0.4 is 16.2 Å². The highest BCUT2D eigenvalue weighted by Gasteiger charge is 2.19. The number of hydrogen-bond acceptors (Lipinski definition) is 6. The molecule has 0 spiro atoms. The summed E-state index contributed by atoms with van der Waals surface area (Å²) in [6.07, 6.45) is 1.45. The van der Waals surface area contributed by atoms with E-state index in [-0.39, 0.29) is 10.7 Å². The van der Waals surface area contributed by atoms with Crippen LogP contribution in [0.5, 0.6) is 0 Å². The molecular weight excluding hydrogens is 368 g/mol. The quantitative estimate of drug-likeness (QED) is 0.450. The molecule has 3 amide bonds. The summed E-state index contributed by atoms with van der Waals surface area (Å²) in [5.74, 6) is -0.481. The van der Waals surface area contributed by atoms with Crippen molar-refractivity contribution in [3.63, 3.8) is 0 Å². The number of amides is 3. The molecule has 0 saturated heterocycles. The van der Waals surface area contributed by atoms with E-state index in [2.05, 4.69) is 25.7 Å². The predicted molar refractivity (Wildman–Crippen MR) is 102 cm³/mol. The number of fused-ring (bicyclic) bond motifs is 1. The van der Waals surface area contributed by atoms with Crippen LogP contribution in [0.15, 0.2) is 46.5 Å². The van der Waals surface area contributed by atoms with Crippen molar-refractivity contribution in [2.45, 2.75) is 24.3 Å². The fourth-order valence-electron chi connectivity index (χ4n) is 2.35. The molecule has 10 heteroatoms. The third kappa shape index (κ3) is 4.17. The number of hydrogen-bond donors (Lipinski definition) is 3. The van der Waals surface area contributed by atoms with Crippen LogP contribution in [0.25, 0.3) is 16.7 Å². The minimum atomic E-state index is -0.638. The molecule has 3 rings (SSSR count). The Hall–Kier alpha value is -3.14. The van der Waals surface area contributed by atoms with Gasteiger partial charge in [-0.3, -0.25) is 14.9 Å². The first-order valence-electron chi connectivity index (χ1n) is 8.28. The van der Waals surface area contributed by atoms with Gasteiger partial charge in [0.05, 0.1) is 17.1 Å². The molecular formula is C17H18N6O3S. The van der Waals surface area contributed by atoms with Gasteiger partial charge in [0.15, 0.2) is 10.8 Å². The summed E-state index contributed by atoms with van der Waals surface area (Å²) >= 11 is 1.05. The van der Waals surface area contributed by atoms with Gasteiger partial charge in [0.25, 0.3) is 5.56 Å². The van der Waals surface area contributed by atoms with E-state index in [1.54, 1.807) is 18.5 Å². The summed E-state index contributed by atoms with van der Waals surface area (Å²) < 4.78 is 1.56. The van der Waals surface area contributed by atoms with Crippen molar-refractivity contribution in [1.29, 1.82) is 0 Å². The van der Waals surface area contributed by atoms with Gasteiger partial charge in [-0.25, -0.2) is 14.5 Å². The summed E-state index contributed by atoms with van der Waals surface area (Å²) in [6, 6.07) is 8.74. The fourth-order valence-corrected chi connectivity index (χ4v) is 3.14. The van der Waals surface area contributed by atoms with Gasteiger partial charge in [0.2, 0.25) is 5.91 Å². The van der Waals surface area contributed by atoms with Crippen LogP contribution in [0.4, 0.5) is 4.79 Å². The minimum absolute atomic E-state index is 0.267. The number of benzene rings is 1. The van der Waals surface area contributed by atoms with Gasteiger partial charge in [0.1, 0.15) is 5.39 Å². The number of nitrogens with zero attached hydrogens (tertiary/aromatic N) is 3. The van der Waals surface area contributed by atoms with E-state index in [0.717, 1.165) is 17.4 Å². The Labute approximate surface area is 158 Å². The molecule has 0 saturated carbocycles. The second-order valence-electron chi connectivity index (χ2n) is 5.61. The van der Waals surface area contributed by atoms with Crippen LogP contribution in [0.1, 0.15) is 13.8 Å². The molecule has 27 heavy (non-hydrogen) atoms. The molecule has 3 aromatic rings. The number of carbonyl (C=O) groups is 2. The molecule has 0 fully saturated rings.